The number of nitrogens with one attached hydrogen (secondary N) is 1. The van der Waals surface area contributed by atoms with Crippen molar-refractivity contribution >= 4 is 28.6 Å². The number of fused-ring (bicyclic) bond motifs is 1. The number of rotatable bonds is 4. The summed E-state index contributed by atoms with van der Waals surface area (Å²) in [6.07, 6.45) is 4.84. The third-order valence-corrected chi connectivity index (χ3v) is 4.55. The van der Waals surface area contributed by atoms with Gasteiger partial charge in [-0.2, -0.15) is 0 Å². The monoisotopic (exact) mass is 379 g/mol. The van der Waals surface area contributed by atoms with Gasteiger partial charge in [-0.3, -0.25) is 4.79 Å². The Kier molecular flexibility index (Phi) is 4.11. The molecule has 28 heavy (non-hydrogen) atoms. The van der Waals surface area contributed by atoms with E-state index in [0.29, 0.717) is 16.9 Å². The number of nitrogens with zero attached hydrogens (tertiary/aromatic N) is 2. The third kappa shape index (κ3) is 2.98. The number of carbonyl (C=O) groups excluding carboxylic acids is 3. The van der Waals surface area contributed by atoms with Gasteiger partial charge < -0.3 is 19.0 Å². The van der Waals surface area contributed by atoms with E-state index in [-0.39, 0.29) is 12.0 Å². The topological polar surface area (TPSA) is 103 Å². The molecule has 3 aromatic rings. The lowest BCUT2D eigenvalue weighted by atomic mass is 9.98. The molecule has 0 unspecified atom stereocenters. The maximum atomic E-state index is 13.6. The molecule has 0 bridgehead atoms. The minimum absolute atomic E-state index is 0.185. The van der Waals surface area contributed by atoms with Gasteiger partial charge in [0.25, 0.3) is 0 Å². The van der Waals surface area contributed by atoms with Gasteiger partial charge in [0, 0.05) is 48.2 Å². The SMILES string of the molecule is Cc1ncc(CC2(C(=O)c3cn(C)c4ccccc34)OC(=O)C=CC(=O)O2)[nH]1. The second-order valence-electron chi connectivity index (χ2n) is 6.60. The van der Waals surface area contributed by atoms with E-state index in [0.717, 1.165) is 17.7 Å². The van der Waals surface area contributed by atoms with Crippen LogP contribution < -0.4 is 0 Å². The van der Waals surface area contributed by atoms with Crippen molar-refractivity contribution in [3.63, 3.8) is 0 Å². The number of aromatic nitrogens is 3. The first-order valence-corrected chi connectivity index (χ1v) is 8.61. The van der Waals surface area contributed by atoms with Gasteiger partial charge >= 0.3 is 17.7 Å². The molecule has 0 aliphatic carbocycles. The average Bonchev–Trinajstić information content (AvgIpc) is 3.18. The summed E-state index contributed by atoms with van der Waals surface area (Å²) in [7, 11) is 1.80. The number of ketones is 1. The van der Waals surface area contributed by atoms with Gasteiger partial charge in [-0.25, -0.2) is 14.6 Å². The number of hydrogen-bond acceptors (Lipinski definition) is 6. The Morgan fingerprint density at radius 3 is 2.50 bits per heavy atom. The number of hydrogen-bond donors (Lipinski definition) is 1. The van der Waals surface area contributed by atoms with E-state index in [1.165, 1.54) is 6.20 Å². The fourth-order valence-corrected chi connectivity index (χ4v) is 3.34. The van der Waals surface area contributed by atoms with Crippen LogP contribution in [-0.4, -0.2) is 38.0 Å². The van der Waals surface area contributed by atoms with E-state index in [9.17, 15) is 14.4 Å². The fourth-order valence-electron chi connectivity index (χ4n) is 3.34. The molecule has 1 N–H and O–H groups in total. The van der Waals surface area contributed by atoms with Gasteiger partial charge in [0.05, 0.1) is 12.0 Å². The van der Waals surface area contributed by atoms with Crippen LogP contribution in [0.3, 0.4) is 0 Å². The molecule has 8 heteroatoms. The molecule has 0 radical (unpaired) electrons. The highest BCUT2D eigenvalue weighted by Gasteiger charge is 2.49. The predicted molar refractivity (Wildman–Crippen MR) is 98.3 cm³/mol. The van der Waals surface area contributed by atoms with E-state index in [4.69, 9.17) is 9.47 Å². The summed E-state index contributed by atoms with van der Waals surface area (Å²) in [5.74, 6) is -3.82. The van der Waals surface area contributed by atoms with Crippen molar-refractivity contribution in [1.82, 2.24) is 14.5 Å². The smallest absolute Gasteiger partial charge is 0.334 e. The molecule has 1 aliphatic heterocycles. The molecule has 8 nitrogen and oxygen atoms in total. The number of aromatic amines is 1. The molecule has 0 amide bonds. The molecule has 142 valence electrons. The zero-order chi connectivity index (χ0) is 19.9. The number of esters is 2. The summed E-state index contributed by atoms with van der Waals surface area (Å²) in [6.45, 7) is 1.75. The number of benzene rings is 1. The Morgan fingerprint density at radius 2 is 1.86 bits per heavy atom. The molecule has 2 aromatic heterocycles. The van der Waals surface area contributed by atoms with Crippen molar-refractivity contribution in [3.05, 3.63) is 65.9 Å². The number of carbonyl (C=O) groups is 3. The van der Waals surface area contributed by atoms with Crippen LogP contribution >= 0.6 is 0 Å². The average molecular weight is 379 g/mol. The summed E-state index contributed by atoms with van der Waals surface area (Å²) in [5.41, 5.74) is 1.60. The van der Waals surface area contributed by atoms with E-state index in [1.807, 2.05) is 12.1 Å². The Hall–Kier alpha value is -3.68. The molecular formula is C20H17N3O5. The zero-order valence-electron chi connectivity index (χ0n) is 15.3. The predicted octanol–water partition coefficient (Wildman–Crippen LogP) is 1.99. The molecule has 0 atom stereocenters. The lowest BCUT2D eigenvalue weighted by molar-refractivity contribution is -0.201. The van der Waals surface area contributed by atoms with Crippen molar-refractivity contribution in [3.8, 4) is 0 Å². The second kappa shape index (κ2) is 6.49. The fraction of sp³-hybridized carbons (Fsp3) is 0.200. The molecule has 0 saturated carbocycles. The Labute approximate surface area is 159 Å². The number of cyclic esters (lactones) is 2. The van der Waals surface area contributed by atoms with Gasteiger partial charge in [0.2, 0.25) is 5.78 Å². The minimum atomic E-state index is -2.14. The molecule has 1 aromatic carbocycles. The summed E-state index contributed by atoms with van der Waals surface area (Å²) in [4.78, 5) is 44.9. The first-order chi connectivity index (χ1) is 13.4. The van der Waals surface area contributed by atoms with Crippen molar-refractivity contribution in [2.45, 2.75) is 19.1 Å². The van der Waals surface area contributed by atoms with Gasteiger partial charge in [-0.1, -0.05) is 18.2 Å². The molecule has 3 heterocycles. The Bertz CT molecular complexity index is 1120. The van der Waals surface area contributed by atoms with E-state index < -0.39 is 23.5 Å². The molecule has 4 rings (SSSR count). The quantitative estimate of drug-likeness (QED) is 0.549. The highest BCUT2D eigenvalue weighted by molar-refractivity contribution is 6.13. The first kappa shape index (κ1) is 17.7. The van der Waals surface area contributed by atoms with Crippen LogP contribution in [-0.2, 0) is 32.5 Å². The first-order valence-electron chi connectivity index (χ1n) is 8.61. The number of para-hydroxylation sites is 1. The molecule has 1 aliphatic rings. The van der Waals surface area contributed by atoms with Crippen LogP contribution in [0.4, 0.5) is 0 Å². The maximum absolute atomic E-state index is 13.6. The normalized spacial score (nSPS) is 15.9. The maximum Gasteiger partial charge on any atom is 0.334 e. The Morgan fingerprint density at radius 1 is 1.18 bits per heavy atom. The third-order valence-electron chi connectivity index (χ3n) is 4.55. The van der Waals surface area contributed by atoms with Gasteiger partial charge in [0.15, 0.2) is 0 Å². The summed E-state index contributed by atoms with van der Waals surface area (Å²) in [5, 5.41) is 0.666. The van der Waals surface area contributed by atoms with Crippen LogP contribution in [0.25, 0.3) is 10.9 Å². The number of Topliss-reactive ketones (excluding diaryl/α,β-unsaturated/α-hetero) is 1. The largest absolute Gasteiger partial charge is 0.411 e. The zero-order valence-corrected chi connectivity index (χ0v) is 15.3. The molecular weight excluding hydrogens is 362 g/mol. The van der Waals surface area contributed by atoms with Crippen LogP contribution in [0, 0.1) is 6.92 Å². The highest BCUT2D eigenvalue weighted by atomic mass is 16.7. The number of imidazole rings is 1. The van der Waals surface area contributed by atoms with Crippen LogP contribution in [0.15, 0.2) is 48.8 Å². The standard InChI is InChI=1S/C20H17N3O5/c1-12-21-10-13(22-12)9-20(27-17(24)7-8-18(25)28-20)19(26)15-11-23(2)16-6-4-3-5-14(15)16/h3-8,10-11H,9H2,1-2H3,(H,21,22). The highest BCUT2D eigenvalue weighted by Crippen LogP contribution is 2.31. The van der Waals surface area contributed by atoms with E-state index in [2.05, 4.69) is 9.97 Å². The van der Waals surface area contributed by atoms with Crippen LogP contribution in [0.5, 0.6) is 0 Å². The lowest BCUT2D eigenvalue weighted by Gasteiger charge is -2.29. The van der Waals surface area contributed by atoms with E-state index >= 15 is 0 Å². The van der Waals surface area contributed by atoms with Crippen LogP contribution in [0.2, 0.25) is 0 Å². The van der Waals surface area contributed by atoms with Gasteiger partial charge in [0.1, 0.15) is 5.82 Å². The summed E-state index contributed by atoms with van der Waals surface area (Å²) < 4.78 is 12.6. The molecule has 0 fully saturated rings. The number of H-pyrrole nitrogens is 1. The molecule has 0 spiro atoms. The second-order valence-corrected chi connectivity index (χ2v) is 6.60. The molecule has 0 saturated heterocycles. The number of aryl methyl sites for hydroxylation is 2. The number of ether oxygens (including phenoxy) is 2. The van der Waals surface area contributed by atoms with E-state index in [1.54, 1.807) is 36.9 Å². The van der Waals surface area contributed by atoms with Crippen molar-refractivity contribution in [1.29, 1.82) is 0 Å². The Balaban J connectivity index is 1.85. The lowest BCUT2D eigenvalue weighted by Crippen LogP contribution is -2.48. The van der Waals surface area contributed by atoms with Crippen molar-refractivity contribution < 1.29 is 23.9 Å². The summed E-state index contributed by atoms with van der Waals surface area (Å²) >= 11 is 0. The summed E-state index contributed by atoms with van der Waals surface area (Å²) in [6, 6.07) is 7.31. The minimum Gasteiger partial charge on any atom is -0.411 e. The van der Waals surface area contributed by atoms with Crippen molar-refractivity contribution in [2.75, 3.05) is 0 Å². The van der Waals surface area contributed by atoms with Gasteiger partial charge in [-0.15, -0.1) is 0 Å². The van der Waals surface area contributed by atoms with Crippen molar-refractivity contribution in [2.24, 2.45) is 7.05 Å². The van der Waals surface area contributed by atoms with Crippen LogP contribution in [0.1, 0.15) is 21.9 Å². The van der Waals surface area contributed by atoms with Gasteiger partial charge in [-0.05, 0) is 13.0 Å².